The molecule has 0 amide bonds. The number of hydrogen-bond acceptors (Lipinski definition) is 0. The van der Waals surface area contributed by atoms with Crippen LogP contribution in [0.3, 0.4) is 0 Å². The Labute approximate surface area is 42.3 Å². The van der Waals surface area contributed by atoms with Crippen molar-refractivity contribution in [1.82, 2.24) is 0 Å². The molecule has 0 saturated carbocycles. The molecule has 0 bridgehead atoms. The number of allylic oxidation sites excluding steroid dienone is 1. The second-order valence-corrected chi connectivity index (χ2v) is 1.71. The molecule has 0 aromatic heterocycles. The second-order valence-electron chi connectivity index (χ2n) is 0.669. The van der Waals surface area contributed by atoms with Crippen molar-refractivity contribution in [2.24, 2.45) is 0 Å². The molecule has 0 aliphatic heterocycles. The molecule has 5 heavy (non-hydrogen) atoms. The predicted octanol–water partition coefficient (Wildman–Crippen LogP) is 0.911. The SMILES string of the molecule is C=CC[CH]=[Os]. The Morgan fingerprint density at radius 2 is 2.40 bits per heavy atom. The fourth-order valence-corrected chi connectivity index (χ4v) is 0.482. The fourth-order valence-electron chi connectivity index (χ4n) is 0.0589. The molecular formula is C4H6Os. The van der Waals surface area contributed by atoms with Crippen LogP contribution in [-0.4, -0.2) is 4.57 Å². The van der Waals surface area contributed by atoms with Crippen molar-refractivity contribution in [3.05, 3.63) is 12.7 Å². The molecule has 0 aliphatic rings. The van der Waals surface area contributed by atoms with Crippen molar-refractivity contribution < 1.29 is 18.1 Å². The van der Waals surface area contributed by atoms with Gasteiger partial charge in [-0.1, -0.05) is 0 Å². The van der Waals surface area contributed by atoms with Gasteiger partial charge in [0.1, 0.15) is 0 Å². The molecule has 0 aromatic carbocycles. The van der Waals surface area contributed by atoms with Crippen LogP contribution in [0.1, 0.15) is 6.42 Å². The van der Waals surface area contributed by atoms with Gasteiger partial charge in [-0.15, -0.1) is 0 Å². The summed E-state index contributed by atoms with van der Waals surface area (Å²) in [7, 11) is 0. The summed E-state index contributed by atoms with van der Waals surface area (Å²) in [4.78, 5) is 0. The summed E-state index contributed by atoms with van der Waals surface area (Å²) < 4.78 is 2.09. The maximum atomic E-state index is 3.52. The van der Waals surface area contributed by atoms with Gasteiger partial charge in [-0.05, 0) is 0 Å². The predicted molar refractivity (Wildman–Crippen MR) is 20.9 cm³/mol. The summed E-state index contributed by atoms with van der Waals surface area (Å²) >= 11 is 1.85. The summed E-state index contributed by atoms with van der Waals surface area (Å²) in [5, 5.41) is 0. The zero-order valence-electron chi connectivity index (χ0n) is 2.92. The summed E-state index contributed by atoms with van der Waals surface area (Å²) in [5.74, 6) is 0. The van der Waals surface area contributed by atoms with Gasteiger partial charge in [0.05, 0.1) is 0 Å². The Hall–Kier alpha value is 0.246. The van der Waals surface area contributed by atoms with Gasteiger partial charge in [-0.3, -0.25) is 0 Å². The van der Waals surface area contributed by atoms with E-state index in [2.05, 4.69) is 11.1 Å². The van der Waals surface area contributed by atoms with Gasteiger partial charge in [-0.25, -0.2) is 0 Å². The molecule has 1 heteroatoms. The normalized spacial score (nSPS) is 6.60. The second kappa shape index (κ2) is 4.25. The first-order chi connectivity index (χ1) is 2.41. The number of rotatable bonds is 2. The zero-order valence-corrected chi connectivity index (χ0v) is 5.46. The van der Waals surface area contributed by atoms with Gasteiger partial charge < -0.3 is 0 Å². The molecule has 0 spiro atoms. The van der Waals surface area contributed by atoms with Crippen molar-refractivity contribution in [3.63, 3.8) is 0 Å². The van der Waals surface area contributed by atoms with E-state index in [1.807, 2.05) is 24.2 Å². The van der Waals surface area contributed by atoms with Gasteiger partial charge >= 0.3 is 41.8 Å². The first-order valence-electron chi connectivity index (χ1n) is 1.43. The van der Waals surface area contributed by atoms with E-state index < -0.39 is 0 Å². The van der Waals surface area contributed by atoms with Crippen LogP contribution in [-0.2, 0) is 18.1 Å². The third-order valence-corrected chi connectivity index (χ3v) is 0.849. The van der Waals surface area contributed by atoms with E-state index in [4.69, 9.17) is 0 Å². The summed E-state index contributed by atoms with van der Waals surface area (Å²) in [5.41, 5.74) is 0. The quantitative estimate of drug-likeness (QED) is 0.634. The van der Waals surface area contributed by atoms with E-state index in [0.717, 1.165) is 6.42 Å². The van der Waals surface area contributed by atoms with Gasteiger partial charge in [0.2, 0.25) is 0 Å². The Morgan fingerprint density at radius 1 is 1.80 bits per heavy atom. The van der Waals surface area contributed by atoms with Gasteiger partial charge in [-0.2, -0.15) is 0 Å². The minimum atomic E-state index is 1.04. The molecule has 0 unspecified atom stereocenters. The van der Waals surface area contributed by atoms with E-state index in [1.165, 1.54) is 0 Å². The molecule has 0 rings (SSSR count). The van der Waals surface area contributed by atoms with Gasteiger partial charge in [0.25, 0.3) is 0 Å². The van der Waals surface area contributed by atoms with E-state index in [-0.39, 0.29) is 0 Å². The molecule has 0 saturated heterocycles. The van der Waals surface area contributed by atoms with Crippen molar-refractivity contribution in [3.8, 4) is 0 Å². The molecule has 0 fully saturated rings. The molecule has 0 radical (unpaired) electrons. The van der Waals surface area contributed by atoms with Gasteiger partial charge in [0.15, 0.2) is 0 Å². The van der Waals surface area contributed by atoms with Crippen molar-refractivity contribution in [1.29, 1.82) is 0 Å². The molecule has 0 heterocycles. The Balaban J connectivity index is 2.65. The van der Waals surface area contributed by atoms with Crippen LogP contribution in [0.25, 0.3) is 0 Å². The van der Waals surface area contributed by atoms with E-state index in [0.29, 0.717) is 0 Å². The van der Waals surface area contributed by atoms with Crippen LogP contribution in [0.2, 0.25) is 0 Å². The summed E-state index contributed by atoms with van der Waals surface area (Å²) in [6, 6.07) is 0. The van der Waals surface area contributed by atoms with E-state index >= 15 is 0 Å². The molecule has 0 N–H and O–H groups in total. The van der Waals surface area contributed by atoms with Crippen LogP contribution in [0.4, 0.5) is 0 Å². The zero-order chi connectivity index (χ0) is 4.12. The Morgan fingerprint density at radius 3 is 2.40 bits per heavy atom. The van der Waals surface area contributed by atoms with Crippen LogP contribution >= 0.6 is 0 Å². The maximum absolute atomic E-state index is 3.52. The van der Waals surface area contributed by atoms with Crippen LogP contribution < -0.4 is 0 Å². The Kier molecular flexibility index (Phi) is 4.46. The third kappa shape index (κ3) is 4.25. The Bertz CT molecular complexity index is 32.9. The van der Waals surface area contributed by atoms with Gasteiger partial charge in [0, 0.05) is 0 Å². The minimum absolute atomic E-state index is 1.04. The van der Waals surface area contributed by atoms with E-state index in [9.17, 15) is 0 Å². The average molecular weight is 244 g/mol. The molecule has 0 aromatic rings. The topological polar surface area (TPSA) is 0 Å². The average Bonchev–Trinajstić information content (AvgIpc) is 1.41. The van der Waals surface area contributed by atoms with E-state index in [1.54, 1.807) is 0 Å². The number of hydrogen-bond donors (Lipinski definition) is 0. The molecule has 30 valence electrons. The van der Waals surface area contributed by atoms with Crippen molar-refractivity contribution >= 4 is 4.57 Å². The fraction of sp³-hybridized carbons (Fsp3) is 0.250. The third-order valence-electron chi connectivity index (χ3n) is 0.250. The first-order valence-corrected chi connectivity index (χ1v) is 2.90. The van der Waals surface area contributed by atoms with Crippen molar-refractivity contribution in [2.75, 3.05) is 0 Å². The molecule has 0 atom stereocenters. The molecule has 0 nitrogen and oxygen atoms in total. The van der Waals surface area contributed by atoms with Crippen LogP contribution in [0.15, 0.2) is 12.7 Å². The van der Waals surface area contributed by atoms with Crippen LogP contribution in [0, 0.1) is 0 Å². The van der Waals surface area contributed by atoms with Crippen LogP contribution in [0.5, 0.6) is 0 Å². The summed E-state index contributed by atoms with van der Waals surface area (Å²) in [6.07, 6.45) is 2.92. The van der Waals surface area contributed by atoms with Crippen molar-refractivity contribution in [2.45, 2.75) is 6.42 Å². The molecule has 0 aliphatic carbocycles. The standard InChI is InChI=1S/C4H6.Os/c1-3-4-2;/h1,4H,2-3H2;. The first kappa shape index (κ1) is 5.25. The molecular weight excluding hydrogens is 238 g/mol. The summed E-state index contributed by atoms with van der Waals surface area (Å²) in [6.45, 7) is 3.52. The monoisotopic (exact) mass is 246 g/mol.